The van der Waals surface area contributed by atoms with E-state index in [2.05, 4.69) is 47.9 Å². The van der Waals surface area contributed by atoms with Gasteiger partial charge in [0.05, 0.1) is 12.2 Å². The Kier molecular flexibility index (Phi) is 3.99. The van der Waals surface area contributed by atoms with Gasteiger partial charge in [0, 0.05) is 20.3 Å². The maximum absolute atomic E-state index is 12.9. The number of hydrogen-bond acceptors (Lipinski definition) is 3. The van der Waals surface area contributed by atoms with Crippen LogP contribution in [-0.4, -0.2) is 23.1 Å². The Bertz CT molecular complexity index is 1520. The van der Waals surface area contributed by atoms with Crippen molar-refractivity contribution >= 4 is 16.9 Å². The topological polar surface area (TPSA) is 66.2 Å². The molecule has 0 amide bonds. The van der Waals surface area contributed by atoms with Crippen LogP contribution in [0.25, 0.3) is 28.2 Å². The highest BCUT2D eigenvalue weighted by atomic mass is 16.2. The first-order valence-electron chi connectivity index (χ1n) is 9.74. The number of nitrogens with zero attached hydrogens (tertiary/aromatic N) is 5. The van der Waals surface area contributed by atoms with Crippen molar-refractivity contribution in [2.24, 2.45) is 14.1 Å². The van der Waals surface area contributed by atoms with Crippen LogP contribution in [0.3, 0.4) is 0 Å². The normalized spacial score (nSPS) is 11.6. The fourth-order valence-corrected chi connectivity index (χ4v) is 3.89. The zero-order chi connectivity index (χ0) is 21.0. The summed E-state index contributed by atoms with van der Waals surface area (Å²) in [6.45, 7) is 2.65. The highest BCUT2D eigenvalue weighted by Crippen LogP contribution is 2.26. The molecule has 0 unspecified atom stereocenters. The molecule has 7 nitrogen and oxygen atoms in total. The largest absolute Gasteiger partial charge is 0.332 e. The second-order valence-corrected chi connectivity index (χ2v) is 7.61. The van der Waals surface area contributed by atoms with Gasteiger partial charge in [-0.2, -0.15) is 4.98 Å². The molecule has 0 saturated carbocycles. The van der Waals surface area contributed by atoms with Crippen molar-refractivity contribution < 1.29 is 0 Å². The van der Waals surface area contributed by atoms with E-state index in [1.807, 2.05) is 24.4 Å². The van der Waals surface area contributed by atoms with Crippen LogP contribution in [0.4, 0.5) is 0 Å². The van der Waals surface area contributed by atoms with Crippen LogP contribution in [0.15, 0.2) is 70.4 Å². The molecule has 2 aromatic carbocycles. The molecule has 0 N–H and O–H groups in total. The van der Waals surface area contributed by atoms with Gasteiger partial charge in [-0.1, -0.05) is 60.2 Å². The van der Waals surface area contributed by atoms with Crippen molar-refractivity contribution in [2.75, 3.05) is 0 Å². The van der Waals surface area contributed by atoms with E-state index in [4.69, 9.17) is 4.98 Å². The van der Waals surface area contributed by atoms with Gasteiger partial charge in [0.15, 0.2) is 11.2 Å². The van der Waals surface area contributed by atoms with Crippen LogP contribution in [0.1, 0.15) is 11.1 Å². The zero-order valence-corrected chi connectivity index (χ0v) is 17.0. The molecule has 150 valence electrons. The van der Waals surface area contributed by atoms with Crippen molar-refractivity contribution in [3.63, 3.8) is 0 Å². The fraction of sp³-hybridized carbons (Fsp3) is 0.174. The molecule has 5 rings (SSSR count). The van der Waals surface area contributed by atoms with E-state index in [9.17, 15) is 9.59 Å². The number of fused-ring (bicyclic) bond motifs is 3. The summed E-state index contributed by atoms with van der Waals surface area (Å²) in [6, 6.07) is 18.4. The Hall–Kier alpha value is -3.87. The molecule has 3 aromatic heterocycles. The number of aryl methyl sites for hydroxylation is 2. The van der Waals surface area contributed by atoms with Gasteiger partial charge in [0.1, 0.15) is 0 Å². The molecule has 3 heterocycles. The lowest BCUT2D eigenvalue weighted by Gasteiger charge is -2.09. The van der Waals surface area contributed by atoms with Gasteiger partial charge in [-0.3, -0.25) is 18.3 Å². The van der Waals surface area contributed by atoms with Crippen molar-refractivity contribution in [1.29, 1.82) is 0 Å². The molecule has 7 heteroatoms. The predicted molar refractivity (Wildman–Crippen MR) is 117 cm³/mol. The quantitative estimate of drug-likeness (QED) is 0.469. The van der Waals surface area contributed by atoms with E-state index in [0.717, 1.165) is 21.4 Å². The summed E-state index contributed by atoms with van der Waals surface area (Å²) in [5.41, 5.74) is 4.34. The number of rotatable bonds is 3. The molecule has 0 aliphatic rings. The lowest BCUT2D eigenvalue weighted by molar-refractivity contribution is 0.707. The van der Waals surface area contributed by atoms with Crippen molar-refractivity contribution in [3.05, 3.63) is 92.8 Å². The molecule has 5 aromatic rings. The van der Waals surface area contributed by atoms with Gasteiger partial charge in [0.25, 0.3) is 5.56 Å². The first-order chi connectivity index (χ1) is 14.5. The number of imidazole rings is 2. The lowest BCUT2D eigenvalue weighted by atomic mass is 10.1. The van der Waals surface area contributed by atoms with E-state index in [1.165, 1.54) is 17.2 Å². The molecule has 0 saturated heterocycles. The van der Waals surface area contributed by atoms with Crippen LogP contribution in [0.5, 0.6) is 0 Å². The lowest BCUT2D eigenvalue weighted by Crippen LogP contribution is -2.37. The van der Waals surface area contributed by atoms with Crippen molar-refractivity contribution in [1.82, 2.24) is 23.1 Å². The van der Waals surface area contributed by atoms with Gasteiger partial charge < -0.3 is 4.57 Å². The van der Waals surface area contributed by atoms with Crippen LogP contribution in [-0.2, 0) is 20.6 Å². The fourth-order valence-electron chi connectivity index (χ4n) is 3.89. The highest BCUT2D eigenvalue weighted by Gasteiger charge is 2.20. The Morgan fingerprint density at radius 2 is 1.60 bits per heavy atom. The van der Waals surface area contributed by atoms with Gasteiger partial charge in [-0.15, -0.1) is 0 Å². The molecular weight excluding hydrogens is 378 g/mol. The van der Waals surface area contributed by atoms with E-state index in [-0.39, 0.29) is 11.2 Å². The molecule has 0 fully saturated rings. The first kappa shape index (κ1) is 18.2. The van der Waals surface area contributed by atoms with Crippen molar-refractivity contribution in [3.8, 4) is 11.3 Å². The summed E-state index contributed by atoms with van der Waals surface area (Å²) in [4.78, 5) is 30.0. The maximum Gasteiger partial charge on any atom is 0.332 e. The van der Waals surface area contributed by atoms with Crippen LogP contribution in [0, 0.1) is 6.92 Å². The second-order valence-electron chi connectivity index (χ2n) is 7.61. The minimum atomic E-state index is -0.387. The molecule has 0 aliphatic heterocycles. The van der Waals surface area contributed by atoms with Crippen molar-refractivity contribution in [2.45, 2.75) is 13.5 Å². The maximum atomic E-state index is 12.9. The smallest absolute Gasteiger partial charge is 0.305 e. The second kappa shape index (κ2) is 6.59. The standard InChI is InChI=1S/C23H21N5O2/c1-15-9-11-17(12-10-15)18-14-28-19-20(25(2)23(30)26(3)21(19)29)24-22(28)27(18)13-16-7-5-4-6-8-16/h4-12,14H,13H2,1-3H3. The molecule has 0 aliphatic carbocycles. The number of aromatic nitrogens is 5. The van der Waals surface area contributed by atoms with Gasteiger partial charge >= 0.3 is 5.69 Å². The Morgan fingerprint density at radius 3 is 2.30 bits per heavy atom. The Labute approximate surface area is 172 Å². The van der Waals surface area contributed by atoms with E-state index in [0.29, 0.717) is 23.5 Å². The van der Waals surface area contributed by atoms with Gasteiger partial charge in [-0.25, -0.2) is 4.79 Å². The minimum absolute atomic E-state index is 0.354. The summed E-state index contributed by atoms with van der Waals surface area (Å²) in [7, 11) is 3.13. The Morgan fingerprint density at radius 1 is 0.900 bits per heavy atom. The third-order valence-corrected chi connectivity index (χ3v) is 5.59. The molecule has 0 spiro atoms. The van der Waals surface area contributed by atoms with Crippen LogP contribution >= 0.6 is 0 Å². The average molecular weight is 399 g/mol. The monoisotopic (exact) mass is 399 g/mol. The predicted octanol–water partition coefficient (Wildman–Crippen LogP) is 2.71. The van der Waals surface area contributed by atoms with Gasteiger partial charge in [-0.05, 0) is 18.1 Å². The highest BCUT2D eigenvalue weighted by molar-refractivity contribution is 5.78. The van der Waals surface area contributed by atoms with Gasteiger partial charge in [0.2, 0.25) is 5.78 Å². The first-order valence-corrected chi connectivity index (χ1v) is 9.74. The Balaban J connectivity index is 1.87. The van der Waals surface area contributed by atoms with E-state index >= 15 is 0 Å². The molecule has 0 radical (unpaired) electrons. The third-order valence-electron chi connectivity index (χ3n) is 5.59. The minimum Gasteiger partial charge on any atom is -0.305 e. The molecular formula is C23H21N5O2. The summed E-state index contributed by atoms with van der Waals surface area (Å²) < 4.78 is 6.43. The van der Waals surface area contributed by atoms with Crippen LogP contribution < -0.4 is 11.2 Å². The number of benzene rings is 2. The summed E-state index contributed by atoms with van der Waals surface area (Å²) in [5.74, 6) is 0.628. The summed E-state index contributed by atoms with van der Waals surface area (Å²) >= 11 is 0. The zero-order valence-electron chi connectivity index (χ0n) is 17.0. The van der Waals surface area contributed by atoms with E-state index in [1.54, 1.807) is 11.4 Å². The summed E-state index contributed by atoms with van der Waals surface area (Å²) in [6.07, 6.45) is 1.93. The summed E-state index contributed by atoms with van der Waals surface area (Å²) in [5, 5.41) is 0. The number of hydrogen-bond donors (Lipinski definition) is 0. The molecule has 0 bridgehead atoms. The third kappa shape index (κ3) is 2.62. The SMILES string of the molecule is Cc1ccc(-c2cn3c4c(=O)n(C)c(=O)n(C)c4nc3n2Cc2ccccc2)cc1. The van der Waals surface area contributed by atoms with Crippen LogP contribution in [0.2, 0.25) is 0 Å². The van der Waals surface area contributed by atoms with E-state index < -0.39 is 0 Å². The molecule has 0 atom stereocenters. The molecule has 30 heavy (non-hydrogen) atoms. The average Bonchev–Trinajstić information content (AvgIpc) is 3.29.